The second-order valence-electron chi connectivity index (χ2n) is 6.02. The molecule has 1 atom stereocenters. The maximum absolute atomic E-state index is 6.12. The van der Waals surface area contributed by atoms with Crippen LogP contribution in [0.4, 0.5) is 0 Å². The second kappa shape index (κ2) is 8.10. The molecular weight excluding hydrogens is 210 g/mol. The van der Waals surface area contributed by atoms with E-state index >= 15 is 0 Å². The quantitative estimate of drug-likeness (QED) is 0.586. The lowest BCUT2D eigenvalue weighted by molar-refractivity contribution is -0.0497. The summed E-state index contributed by atoms with van der Waals surface area (Å²) in [6, 6.07) is 0. The van der Waals surface area contributed by atoms with Gasteiger partial charge in [-0.2, -0.15) is 0 Å². The fourth-order valence-corrected chi connectivity index (χ4v) is 1.63. The predicted molar refractivity (Wildman–Crippen MR) is 76.5 cm³/mol. The summed E-state index contributed by atoms with van der Waals surface area (Å²) in [6.45, 7) is 16.5. The Bertz CT molecular complexity index is 191. The molecule has 104 valence electrons. The summed E-state index contributed by atoms with van der Waals surface area (Å²) < 4.78 is 6.12. The van der Waals surface area contributed by atoms with Crippen LogP contribution in [0.15, 0.2) is 0 Å². The van der Waals surface area contributed by atoms with Gasteiger partial charge in [-0.3, -0.25) is 0 Å². The topological polar surface area (TPSA) is 21.3 Å². The third-order valence-electron chi connectivity index (χ3n) is 4.01. The van der Waals surface area contributed by atoms with E-state index in [0.717, 1.165) is 39.0 Å². The Labute approximate surface area is 109 Å². The van der Waals surface area contributed by atoms with E-state index in [0.29, 0.717) is 5.41 Å². The van der Waals surface area contributed by atoms with Gasteiger partial charge in [0.2, 0.25) is 0 Å². The average molecular weight is 243 g/mol. The molecule has 0 aliphatic rings. The first-order valence-electron chi connectivity index (χ1n) is 7.24. The summed E-state index contributed by atoms with van der Waals surface area (Å²) in [5.74, 6) is 0. The lowest BCUT2D eigenvalue weighted by Crippen LogP contribution is -2.33. The van der Waals surface area contributed by atoms with Crippen LogP contribution >= 0.6 is 0 Å². The lowest BCUT2D eigenvalue weighted by Gasteiger charge is -2.31. The molecule has 17 heavy (non-hydrogen) atoms. The first-order valence-corrected chi connectivity index (χ1v) is 7.24. The number of hydrogen-bond donors (Lipinski definition) is 1. The van der Waals surface area contributed by atoms with Crippen LogP contribution in [0.25, 0.3) is 0 Å². The van der Waals surface area contributed by atoms with E-state index in [-0.39, 0.29) is 5.60 Å². The Morgan fingerprint density at radius 2 is 1.59 bits per heavy atom. The Balaban J connectivity index is 3.94. The molecule has 1 N–H and O–H groups in total. The smallest absolute Gasteiger partial charge is 0.0664 e. The van der Waals surface area contributed by atoms with Crippen LogP contribution in [0.3, 0.4) is 0 Å². The maximum atomic E-state index is 6.12. The highest BCUT2D eigenvalue weighted by Gasteiger charge is 2.23. The molecule has 0 saturated carbocycles. The molecule has 0 spiro atoms. The van der Waals surface area contributed by atoms with Crippen molar-refractivity contribution in [1.82, 2.24) is 5.32 Å². The summed E-state index contributed by atoms with van der Waals surface area (Å²) in [6.07, 6.45) is 4.56. The molecule has 0 radical (unpaired) electrons. The molecular formula is C15H33NO. The fourth-order valence-electron chi connectivity index (χ4n) is 1.63. The van der Waals surface area contributed by atoms with Gasteiger partial charge in [-0.15, -0.1) is 0 Å². The summed E-state index contributed by atoms with van der Waals surface area (Å²) in [5, 5.41) is 3.38. The largest absolute Gasteiger partial charge is 0.375 e. The minimum atomic E-state index is 0.0476. The highest BCUT2D eigenvalue weighted by atomic mass is 16.5. The van der Waals surface area contributed by atoms with Gasteiger partial charge in [0.25, 0.3) is 0 Å². The van der Waals surface area contributed by atoms with E-state index in [1.807, 2.05) is 0 Å². The lowest BCUT2D eigenvalue weighted by atomic mass is 9.87. The summed E-state index contributed by atoms with van der Waals surface area (Å²) in [7, 11) is 0. The number of hydrogen-bond acceptors (Lipinski definition) is 2. The molecule has 2 heteroatoms. The Hall–Kier alpha value is -0.0800. The second-order valence-corrected chi connectivity index (χ2v) is 6.02. The maximum Gasteiger partial charge on any atom is 0.0664 e. The standard InChI is InChI=1S/C15H33NO/c1-7-14(4,5)11-13-17-15(6,8-2)10-12-16-9-3/h16H,7-13H2,1-6H3. The molecule has 0 aromatic rings. The fraction of sp³-hybridized carbons (Fsp3) is 1.00. The van der Waals surface area contributed by atoms with Gasteiger partial charge >= 0.3 is 0 Å². The molecule has 0 aliphatic carbocycles. The van der Waals surface area contributed by atoms with Crippen LogP contribution in [0.5, 0.6) is 0 Å². The molecule has 0 aromatic carbocycles. The van der Waals surface area contributed by atoms with E-state index < -0.39 is 0 Å². The van der Waals surface area contributed by atoms with Gasteiger partial charge in [-0.25, -0.2) is 0 Å². The minimum Gasteiger partial charge on any atom is -0.375 e. The molecule has 0 heterocycles. The van der Waals surface area contributed by atoms with Gasteiger partial charge in [-0.1, -0.05) is 41.0 Å². The summed E-state index contributed by atoms with van der Waals surface area (Å²) in [5.41, 5.74) is 0.461. The van der Waals surface area contributed by atoms with Crippen LogP contribution in [0.1, 0.15) is 67.2 Å². The van der Waals surface area contributed by atoms with Crippen molar-refractivity contribution in [3.63, 3.8) is 0 Å². The predicted octanol–water partition coefficient (Wildman–Crippen LogP) is 4.00. The third kappa shape index (κ3) is 7.77. The highest BCUT2D eigenvalue weighted by molar-refractivity contribution is 4.75. The van der Waals surface area contributed by atoms with Crippen molar-refractivity contribution in [2.45, 2.75) is 72.8 Å². The zero-order valence-electron chi connectivity index (χ0n) is 12.9. The van der Waals surface area contributed by atoms with Crippen molar-refractivity contribution < 1.29 is 4.74 Å². The van der Waals surface area contributed by atoms with Crippen molar-refractivity contribution >= 4 is 0 Å². The average Bonchev–Trinajstić information content (AvgIpc) is 2.29. The van der Waals surface area contributed by atoms with E-state index in [4.69, 9.17) is 4.74 Å². The number of ether oxygens (including phenoxy) is 1. The van der Waals surface area contributed by atoms with Crippen LogP contribution in [-0.4, -0.2) is 25.3 Å². The first-order chi connectivity index (χ1) is 7.89. The van der Waals surface area contributed by atoms with Crippen molar-refractivity contribution in [3.8, 4) is 0 Å². The monoisotopic (exact) mass is 243 g/mol. The number of nitrogens with one attached hydrogen (secondary N) is 1. The molecule has 0 fully saturated rings. The number of rotatable bonds is 10. The van der Waals surface area contributed by atoms with E-state index in [9.17, 15) is 0 Å². The zero-order chi connectivity index (χ0) is 13.4. The van der Waals surface area contributed by atoms with Crippen LogP contribution in [0, 0.1) is 5.41 Å². The van der Waals surface area contributed by atoms with Crippen molar-refractivity contribution in [2.24, 2.45) is 5.41 Å². The molecule has 0 aliphatic heterocycles. The van der Waals surface area contributed by atoms with Crippen molar-refractivity contribution in [2.75, 3.05) is 19.7 Å². The zero-order valence-corrected chi connectivity index (χ0v) is 12.9. The van der Waals surface area contributed by atoms with Crippen LogP contribution in [0.2, 0.25) is 0 Å². The molecule has 2 nitrogen and oxygen atoms in total. The van der Waals surface area contributed by atoms with Crippen LogP contribution in [-0.2, 0) is 4.74 Å². The Kier molecular flexibility index (Phi) is 8.06. The Morgan fingerprint density at radius 1 is 0.941 bits per heavy atom. The van der Waals surface area contributed by atoms with E-state index in [1.165, 1.54) is 6.42 Å². The first kappa shape index (κ1) is 16.9. The minimum absolute atomic E-state index is 0.0476. The molecule has 0 saturated heterocycles. The van der Waals surface area contributed by atoms with Gasteiger partial charge in [0.05, 0.1) is 5.60 Å². The highest BCUT2D eigenvalue weighted by Crippen LogP contribution is 2.26. The van der Waals surface area contributed by atoms with Gasteiger partial charge in [-0.05, 0) is 44.7 Å². The molecule has 0 aromatic heterocycles. The van der Waals surface area contributed by atoms with E-state index in [1.54, 1.807) is 0 Å². The van der Waals surface area contributed by atoms with Crippen molar-refractivity contribution in [3.05, 3.63) is 0 Å². The molecule has 0 rings (SSSR count). The van der Waals surface area contributed by atoms with Crippen molar-refractivity contribution in [1.29, 1.82) is 0 Å². The van der Waals surface area contributed by atoms with Gasteiger partial charge in [0.15, 0.2) is 0 Å². The van der Waals surface area contributed by atoms with Gasteiger partial charge in [0, 0.05) is 6.61 Å². The molecule has 1 unspecified atom stereocenters. The SMILES string of the molecule is CCNCCC(C)(CC)OCCC(C)(C)CC. The summed E-state index contributed by atoms with van der Waals surface area (Å²) in [4.78, 5) is 0. The summed E-state index contributed by atoms with van der Waals surface area (Å²) >= 11 is 0. The normalized spacial score (nSPS) is 15.9. The Morgan fingerprint density at radius 3 is 2.06 bits per heavy atom. The van der Waals surface area contributed by atoms with Gasteiger partial charge < -0.3 is 10.1 Å². The third-order valence-corrected chi connectivity index (χ3v) is 4.01. The molecule has 0 bridgehead atoms. The molecule has 0 amide bonds. The van der Waals surface area contributed by atoms with Crippen LogP contribution < -0.4 is 5.32 Å². The van der Waals surface area contributed by atoms with E-state index in [2.05, 4.69) is 46.9 Å². The van der Waals surface area contributed by atoms with Gasteiger partial charge in [0.1, 0.15) is 0 Å².